The average molecular weight is 354 g/mol. The summed E-state index contributed by atoms with van der Waals surface area (Å²) in [6, 6.07) is 15.9. The van der Waals surface area contributed by atoms with Gasteiger partial charge in [-0.3, -0.25) is 5.10 Å². The Kier molecular flexibility index (Phi) is 5.58. The van der Waals surface area contributed by atoms with Gasteiger partial charge in [0.05, 0.1) is 19.9 Å². The monoisotopic (exact) mass is 354 g/mol. The van der Waals surface area contributed by atoms with Gasteiger partial charge in [-0.25, -0.2) is 0 Å². The maximum atomic E-state index is 5.85. The summed E-state index contributed by atoms with van der Waals surface area (Å²) in [6.07, 6.45) is 4.03. The lowest BCUT2D eigenvalue weighted by Crippen LogP contribution is -2.03. The minimum atomic E-state index is 0.434. The summed E-state index contributed by atoms with van der Waals surface area (Å²) in [5.41, 5.74) is 2.11. The first kappa shape index (κ1) is 16.9. The predicted molar refractivity (Wildman–Crippen MR) is 99.0 cm³/mol. The Morgan fingerprint density at radius 3 is 2.76 bits per heavy atom. The third kappa shape index (κ3) is 4.54. The summed E-state index contributed by atoms with van der Waals surface area (Å²) < 4.78 is 13.2. The largest absolute Gasteiger partial charge is 0.493 e. The van der Waals surface area contributed by atoms with Crippen molar-refractivity contribution in [1.29, 1.82) is 0 Å². The van der Waals surface area contributed by atoms with Gasteiger partial charge in [0.1, 0.15) is 6.33 Å². The number of methoxy groups -OCH3 is 1. The summed E-state index contributed by atoms with van der Waals surface area (Å²) in [5, 5.41) is 10.7. The van der Waals surface area contributed by atoms with Gasteiger partial charge < -0.3 is 9.47 Å². The molecule has 2 aromatic carbocycles. The summed E-state index contributed by atoms with van der Waals surface area (Å²) >= 11 is 5.04. The fraction of sp³-hybridized carbons (Fsp3) is 0.167. The van der Waals surface area contributed by atoms with Crippen LogP contribution in [0.5, 0.6) is 11.5 Å². The first-order valence-electron chi connectivity index (χ1n) is 7.77. The van der Waals surface area contributed by atoms with Crippen molar-refractivity contribution in [3.8, 4) is 11.5 Å². The molecule has 0 spiro atoms. The molecule has 3 rings (SSSR count). The van der Waals surface area contributed by atoms with Gasteiger partial charge in [-0.05, 0) is 41.5 Å². The lowest BCUT2D eigenvalue weighted by Gasteiger charge is -2.11. The summed E-state index contributed by atoms with van der Waals surface area (Å²) in [7, 11) is 1.62. The molecule has 25 heavy (non-hydrogen) atoms. The molecule has 0 aliphatic heterocycles. The number of nitrogens with one attached hydrogen (secondary N) is 1. The number of hydrogen-bond donors (Lipinski definition) is 1. The molecule has 0 bridgehead atoms. The third-order valence-corrected chi connectivity index (χ3v) is 3.82. The molecular weight excluding hydrogens is 336 g/mol. The van der Waals surface area contributed by atoms with Crippen LogP contribution in [0.2, 0.25) is 0 Å². The van der Waals surface area contributed by atoms with E-state index in [0.717, 1.165) is 12.0 Å². The van der Waals surface area contributed by atoms with Crippen molar-refractivity contribution in [2.45, 2.75) is 6.42 Å². The van der Waals surface area contributed by atoms with Crippen molar-refractivity contribution in [2.24, 2.45) is 5.10 Å². The smallest absolute Gasteiger partial charge is 0.216 e. The highest BCUT2D eigenvalue weighted by Gasteiger charge is 2.05. The number of aromatic nitrogens is 3. The molecule has 0 saturated carbocycles. The first-order valence-corrected chi connectivity index (χ1v) is 8.18. The number of ether oxygens (including phenoxy) is 2. The standard InChI is InChI=1S/C18H18N4O2S/c1-23-17-11-15(12-20-22-13-19-21-18(22)25)7-8-16(17)24-10-9-14-5-3-2-4-6-14/h2-8,11-13H,9-10H2,1H3,(H,21,25). The number of rotatable bonds is 7. The Morgan fingerprint density at radius 2 is 2.04 bits per heavy atom. The summed E-state index contributed by atoms with van der Waals surface area (Å²) in [5.74, 6) is 1.36. The highest BCUT2D eigenvalue weighted by molar-refractivity contribution is 7.71. The predicted octanol–water partition coefficient (Wildman–Crippen LogP) is 3.45. The van der Waals surface area contributed by atoms with Gasteiger partial charge in [0.25, 0.3) is 0 Å². The van der Waals surface area contributed by atoms with E-state index >= 15 is 0 Å². The molecule has 3 aromatic rings. The molecule has 1 N–H and O–H groups in total. The van der Waals surface area contributed by atoms with Gasteiger partial charge in [-0.1, -0.05) is 30.3 Å². The van der Waals surface area contributed by atoms with Crippen molar-refractivity contribution in [3.63, 3.8) is 0 Å². The summed E-state index contributed by atoms with van der Waals surface area (Å²) in [4.78, 5) is 0. The van der Waals surface area contributed by atoms with Gasteiger partial charge in [0, 0.05) is 6.42 Å². The van der Waals surface area contributed by atoms with Crippen LogP contribution >= 0.6 is 12.2 Å². The van der Waals surface area contributed by atoms with E-state index in [1.165, 1.54) is 16.6 Å². The van der Waals surface area contributed by atoms with Crippen molar-refractivity contribution >= 4 is 18.4 Å². The number of nitrogens with zero attached hydrogens (tertiary/aromatic N) is 3. The maximum absolute atomic E-state index is 5.85. The Morgan fingerprint density at radius 1 is 1.20 bits per heavy atom. The fourth-order valence-electron chi connectivity index (χ4n) is 2.26. The van der Waals surface area contributed by atoms with E-state index in [-0.39, 0.29) is 0 Å². The van der Waals surface area contributed by atoms with E-state index in [0.29, 0.717) is 22.9 Å². The van der Waals surface area contributed by atoms with Gasteiger partial charge in [0.15, 0.2) is 11.5 Å². The normalized spacial score (nSPS) is 10.9. The Balaban J connectivity index is 1.66. The molecule has 6 nitrogen and oxygen atoms in total. The molecule has 0 radical (unpaired) electrons. The minimum absolute atomic E-state index is 0.434. The molecule has 128 valence electrons. The molecule has 0 fully saturated rings. The molecule has 0 aliphatic rings. The van der Waals surface area contributed by atoms with Crippen LogP contribution in [-0.4, -0.2) is 34.8 Å². The van der Waals surface area contributed by atoms with E-state index in [9.17, 15) is 0 Å². The topological polar surface area (TPSA) is 64.4 Å². The van der Waals surface area contributed by atoms with E-state index < -0.39 is 0 Å². The average Bonchev–Trinajstić information content (AvgIpc) is 3.06. The van der Waals surface area contributed by atoms with E-state index in [4.69, 9.17) is 21.7 Å². The molecule has 0 amide bonds. The van der Waals surface area contributed by atoms with Gasteiger partial charge in [-0.15, -0.1) is 0 Å². The zero-order chi connectivity index (χ0) is 17.5. The zero-order valence-electron chi connectivity index (χ0n) is 13.8. The van der Waals surface area contributed by atoms with Crippen molar-refractivity contribution in [3.05, 3.63) is 70.8 Å². The van der Waals surface area contributed by atoms with Crippen LogP contribution in [0.4, 0.5) is 0 Å². The van der Waals surface area contributed by atoms with E-state index in [1.54, 1.807) is 13.3 Å². The second-order valence-corrected chi connectivity index (χ2v) is 5.63. The Hall–Kier alpha value is -2.93. The highest BCUT2D eigenvalue weighted by Crippen LogP contribution is 2.27. The van der Waals surface area contributed by atoms with Gasteiger partial charge >= 0.3 is 0 Å². The molecular formula is C18H18N4O2S. The quantitative estimate of drug-likeness (QED) is 0.521. The van der Waals surface area contributed by atoms with E-state index in [1.807, 2.05) is 36.4 Å². The minimum Gasteiger partial charge on any atom is -0.493 e. The molecule has 7 heteroatoms. The zero-order valence-corrected chi connectivity index (χ0v) is 14.6. The number of benzene rings is 2. The Bertz CT molecular complexity index is 903. The summed E-state index contributed by atoms with van der Waals surface area (Å²) in [6.45, 7) is 0.581. The third-order valence-electron chi connectivity index (χ3n) is 3.55. The molecule has 1 aromatic heterocycles. The second-order valence-electron chi connectivity index (χ2n) is 5.25. The van der Waals surface area contributed by atoms with Gasteiger partial charge in [0.2, 0.25) is 4.77 Å². The van der Waals surface area contributed by atoms with Crippen LogP contribution in [-0.2, 0) is 6.42 Å². The van der Waals surface area contributed by atoms with Crippen molar-refractivity contribution in [2.75, 3.05) is 13.7 Å². The van der Waals surface area contributed by atoms with Gasteiger partial charge in [-0.2, -0.15) is 14.9 Å². The van der Waals surface area contributed by atoms with Crippen molar-refractivity contribution in [1.82, 2.24) is 14.9 Å². The van der Waals surface area contributed by atoms with Crippen molar-refractivity contribution < 1.29 is 9.47 Å². The molecule has 1 heterocycles. The maximum Gasteiger partial charge on any atom is 0.216 e. The second kappa shape index (κ2) is 8.25. The van der Waals surface area contributed by atoms with Crippen LogP contribution in [0.1, 0.15) is 11.1 Å². The van der Waals surface area contributed by atoms with Crippen LogP contribution in [0, 0.1) is 4.77 Å². The Labute approximate surface area is 150 Å². The first-order chi connectivity index (χ1) is 12.3. The van der Waals surface area contributed by atoms with E-state index in [2.05, 4.69) is 27.4 Å². The number of H-pyrrole nitrogens is 1. The molecule has 0 aliphatic carbocycles. The molecule has 0 saturated heterocycles. The highest BCUT2D eigenvalue weighted by atomic mass is 32.1. The SMILES string of the molecule is COc1cc(C=Nn2cn[nH]c2=S)ccc1OCCc1ccccc1. The van der Waals surface area contributed by atoms with Crippen LogP contribution in [0.3, 0.4) is 0 Å². The molecule has 0 atom stereocenters. The van der Waals surface area contributed by atoms with Crippen LogP contribution in [0.15, 0.2) is 60.0 Å². The molecule has 0 unspecified atom stereocenters. The number of hydrogen-bond acceptors (Lipinski definition) is 5. The lowest BCUT2D eigenvalue weighted by atomic mass is 10.2. The fourth-order valence-corrected chi connectivity index (χ4v) is 2.41. The van der Waals surface area contributed by atoms with Crippen LogP contribution < -0.4 is 9.47 Å². The number of aromatic amines is 1. The van der Waals surface area contributed by atoms with Crippen LogP contribution in [0.25, 0.3) is 0 Å². The lowest BCUT2D eigenvalue weighted by molar-refractivity contribution is 0.297.